The average Bonchev–Trinajstić information content (AvgIpc) is 2.53. The normalized spacial score (nSPS) is 53.6. The highest BCUT2D eigenvalue weighted by molar-refractivity contribution is 5.84. The molecule has 0 radical (unpaired) electrons. The van der Waals surface area contributed by atoms with Gasteiger partial charge in [0.25, 0.3) is 0 Å². The maximum Gasteiger partial charge on any atom is 0.136 e. The van der Waals surface area contributed by atoms with Crippen LogP contribution in [0.3, 0.4) is 0 Å². The first-order chi connectivity index (χ1) is 5.36. The highest BCUT2D eigenvalue weighted by atomic mass is 16.1. The maximum atomic E-state index is 11.4. The molecule has 0 aromatic heterocycles. The molecule has 3 saturated carbocycles. The van der Waals surface area contributed by atoms with E-state index in [-0.39, 0.29) is 0 Å². The van der Waals surface area contributed by atoms with E-state index in [9.17, 15) is 4.79 Å². The molecule has 0 saturated heterocycles. The first kappa shape index (κ1) is 6.22. The average molecular weight is 150 g/mol. The Morgan fingerprint density at radius 2 is 1.73 bits per heavy atom. The van der Waals surface area contributed by atoms with Gasteiger partial charge in [-0.15, -0.1) is 0 Å². The van der Waals surface area contributed by atoms with Gasteiger partial charge >= 0.3 is 0 Å². The van der Waals surface area contributed by atoms with Gasteiger partial charge in [-0.2, -0.15) is 0 Å². The summed E-state index contributed by atoms with van der Waals surface area (Å²) in [7, 11) is 0. The number of hydrogen-bond acceptors (Lipinski definition) is 1. The van der Waals surface area contributed by atoms with Crippen LogP contribution in [0, 0.1) is 23.7 Å². The van der Waals surface area contributed by atoms with Crippen molar-refractivity contribution in [2.75, 3.05) is 0 Å². The molecule has 1 heteroatoms. The van der Waals surface area contributed by atoms with Crippen molar-refractivity contribution >= 4 is 5.78 Å². The van der Waals surface area contributed by atoms with E-state index < -0.39 is 0 Å². The van der Waals surface area contributed by atoms with Gasteiger partial charge in [0, 0.05) is 12.3 Å². The summed E-state index contributed by atoms with van der Waals surface area (Å²) < 4.78 is 0. The molecule has 0 aromatic rings. The van der Waals surface area contributed by atoms with Crippen molar-refractivity contribution in [3.63, 3.8) is 0 Å². The van der Waals surface area contributed by atoms with E-state index in [1.807, 2.05) is 0 Å². The first-order valence-electron chi connectivity index (χ1n) is 4.89. The number of rotatable bonds is 0. The SMILES string of the molecule is O=C1C[C@H]2CC[C@H]3CC[C@H]1[C@@H]32. The van der Waals surface area contributed by atoms with Crippen LogP contribution in [0.4, 0.5) is 0 Å². The summed E-state index contributed by atoms with van der Waals surface area (Å²) >= 11 is 0. The van der Waals surface area contributed by atoms with Gasteiger partial charge in [0.2, 0.25) is 0 Å². The molecule has 11 heavy (non-hydrogen) atoms. The third kappa shape index (κ3) is 0.646. The van der Waals surface area contributed by atoms with E-state index in [4.69, 9.17) is 0 Å². The molecule has 0 aliphatic heterocycles. The van der Waals surface area contributed by atoms with E-state index in [2.05, 4.69) is 0 Å². The first-order valence-corrected chi connectivity index (χ1v) is 4.89. The van der Waals surface area contributed by atoms with Crippen molar-refractivity contribution < 1.29 is 4.79 Å². The molecule has 0 aromatic carbocycles. The smallest absolute Gasteiger partial charge is 0.136 e. The summed E-state index contributed by atoms with van der Waals surface area (Å²) in [6, 6.07) is 0. The van der Waals surface area contributed by atoms with Crippen molar-refractivity contribution in [3.8, 4) is 0 Å². The lowest BCUT2D eigenvalue weighted by Gasteiger charge is -2.11. The molecular weight excluding hydrogens is 136 g/mol. The second kappa shape index (κ2) is 1.88. The minimum atomic E-state index is 0.521. The molecular formula is C10H14O. The van der Waals surface area contributed by atoms with Gasteiger partial charge < -0.3 is 0 Å². The molecule has 0 unspecified atom stereocenters. The number of carbonyl (C=O) groups excluding carboxylic acids is 1. The quantitative estimate of drug-likeness (QED) is 0.516. The Morgan fingerprint density at radius 1 is 1.00 bits per heavy atom. The van der Waals surface area contributed by atoms with Gasteiger partial charge in [-0.05, 0) is 43.4 Å². The predicted molar refractivity (Wildman–Crippen MR) is 42.1 cm³/mol. The van der Waals surface area contributed by atoms with Crippen molar-refractivity contribution in [1.29, 1.82) is 0 Å². The number of ketones is 1. The van der Waals surface area contributed by atoms with Crippen LogP contribution in [0.1, 0.15) is 32.1 Å². The predicted octanol–water partition coefficient (Wildman–Crippen LogP) is 2.01. The van der Waals surface area contributed by atoms with Gasteiger partial charge in [-0.1, -0.05) is 0 Å². The highest BCUT2D eigenvalue weighted by Crippen LogP contribution is 2.56. The molecule has 0 amide bonds. The molecule has 3 aliphatic carbocycles. The Kier molecular flexibility index (Phi) is 1.06. The van der Waals surface area contributed by atoms with Crippen molar-refractivity contribution in [1.82, 2.24) is 0 Å². The van der Waals surface area contributed by atoms with E-state index >= 15 is 0 Å². The minimum absolute atomic E-state index is 0.521. The highest BCUT2D eigenvalue weighted by Gasteiger charge is 2.52. The second-order valence-corrected chi connectivity index (χ2v) is 4.53. The van der Waals surface area contributed by atoms with Crippen LogP contribution in [-0.2, 0) is 4.79 Å². The molecule has 60 valence electrons. The summed E-state index contributed by atoms with van der Waals surface area (Å²) in [5, 5.41) is 0. The fourth-order valence-corrected chi connectivity index (χ4v) is 3.80. The van der Waals surface area contributed by atoms with E-state index in [1.165, 1.54) is 25.7 Å². The lowest BCUT2D eigenvalue weighted by atomic mass is 9.92. The third-order valence-electron chi connectivity index (χ3n) is 4.19. The van der Waals surface area contributed by atoms with Crippen LogP contribution < -0.4 is 0 Å². The monoisotopic (exact) mass is 150 g/mol. The molecule has 1 nitrogen and oxygen atoms in total. The topological polar surface area (TPSA) is 17.1 Å². The second-order valence-electron chi connectivity index (χ2n) is 4.53. The maximum absolute atomic E-state index is 11.4. The molecule has 0 heterocycles. The standard InChI is InChI=1S/C10H14O/c11-9-5-7-2-1-6-3-4-8(9)10(6)7/h6-8,10H,1-5H2/t6-,7+,8+,10-/m0/s1. The molecule has 3 aliphatic rings. The van der Waals surface area contributed by atoms with Crippen LogP contribution in [-0.4, -0.2) is 5.78 Å². The zero-order chi connectivity index (χ0) is 7.42. The Labute approximate surface area is 67.2 Å². The van der Waals surface area contributed by atoms with Gasteiger partial charge in [0.1, 0.15) is 5.78 Å². The third-order valence-corrected chi connectivity index (χ3v) is 4.19. The fourth-order valence-electron chi connectivity index (χ4n) is 3.80. The summed E-state index contributed by atoms with van der Waals surface area (Å²) in [6.45, 7) is 0. The molecule has 0 spiro atoms. The fraction of sp³-hybridized carbons (Fsp3) is 0.900. The lowest BCUT2D eigenvalue weighted by Crippen LogP contribution is -2.11. The lowest BCUT2D eigenvalue weighted by molar-refractivity contribution is -0.121. The van der Waals surface area contributed by atoms with Crippen LogP contribution in [0.5, 0.6) is 0 Å². The molecule has 3 rings (SSSR count). The Morgan fingerprint density at radius 3 is 2.64 bits per heavy atom. The van der Waals surface area contributed by atoms with Gasteiger partial charge in [-0.25, -0.2) is 0 Å². The summed E-state index contributed by atoms with van der Waals surface area (Å²) in [5.41, 5.74) is 0. The van der Waals surface area contributed by atoms with Crippen molar-refractivity contribution in [2.45, 2.75) is 32.1 Å². The minimum Gasteiger partial charge on any atom is -0.299 e. The van der Waals surface area contributed by atoms with Crippen LogP contribution >= 0.6 is 0 Å². The van der Waals surface area contributed by atoms with E-state index in [0.717, 1.165) is 24.2 Å². The van der Waals surface area contributed by atoms with Crippen LogP contribution in [0.2, 0.25) is 0 Å². The Balaban J connectivity index is 1.99. The Bertz CT molecular complexity index is 209. The van der Waals surface area contributed by atoms with E-state index in [0.29, 0.717) is 11.7 Å². The van der Waals surface area contributed by atoms with Gasteiger partial charge in [-0.3, -0.25) is 4.79 Å². The summed E-state index contributed by atoms with van der Waals surface area (Å²) in [6.07, 6.45) is 6.31. The molecule has 0 bridgehead atoms. The molecule has 3 fully saturated rings. The zero-order valence-corrected chi connectivity index (χ0v) is 6.75. The number of hydrogen-bond donors (Lipinski definition) is 0. The molecule has 4 atom stereocenters. The summed E-state index contributed by atoms with van der Waals surface area (Å²) in [5.74, 6) is 3.74. The number of carbonyl (C=O) groups is 1. The van der Waals surface area contributed by atoms with Crippen molar-refractivity contribution in [3.05, 3.63) is 0 Å². The van der Waals surface area contributed by atoms with Gasteiger partial charge in [0.15, 0.2) is 0 Å². The van der Waals surface area contributed by atoms with E-state index in [1.54, 1.807) is 0 Å². The largest absolute Gasteiger partial charge is 0.299 e. The number of Topliss-reactive ketones (excluding diaryl/α,β-unsaturated/α-hetero) is 1. The van der Waals surface area contributed by atoms with Gasteiger partial charge in [0.05, 0.1) is 0 Å². The van der Waals surface area contributed by atoms with Crippen LogP contribution in [0.25, 0.3) is 0 Å². The Hall–Kier alpha value is -0.330. The molecule has 0 N–H and O–H groups in total. The van der Waals surface area contributed by atoms with Crippen LogP contribution in [0.15, 0.2) is 0 Å². The summed E-state index contributed by atoms with van der Waals surface area (Å²) in [4.78, 5) is 11.4. The zero-order valence-electron chi connectivity index (χ0n) is 6.75. The van der Waals surface area contributed by atoms with Crippen molar-refractivity contribution in [2.24, 2.45) is 23.7 Å².